The number of carbonyl (C=O) groups is 2. The van der Waals surface area contributed by atoms with Gasteiger partial charge in [0.2, 0.25) is 0 Å². The molecule has 4 aliphatic heterocycles. The van der Waals surface area contributed by atoms with Gasteiger partial charge in [-0.15, -0.1) is 0 Å². The van der Waals surface area contributed by atoms with E-state index in [2.05, 4.69) is 61.8 Å². The third kappa shape index (κ3) is 10.3. The highest BCUT2D eigenvalue weighted by Crippen LogP contribution is 2.36. The van der Waals surface area contributed by atoms with Gasteiger partial charge in [-0.05, 0) is 97.2 Å². The number of hydrogen-bond donors (Lipinski definition) is 4. The van der Waals surface area contributed by atoms with Crippen molar-refractivity contribution in [3.63, 3.8) is 0 Å². The number of likely N-dealkylation sites (tertiary alicyclic amines) is 2. The fraction of sp³-hybridized carbons (Fsp3) is 0.433. The molecule has 0 bridgehead atoms. The summed E-state index contributed by atoms with van der Waals surface area (Å²) in [5, 5.41) is 27.9. The van der Waals surface area contributed by atoms with Gasteiger partial charge in [0.25, 0.3) is 11.8 Å². The Labute approximate surface area is 460 Å². The molecule has 0 radical (unpaired) electrons. The van der Waals surface area contributed by atoms with E-state index in [4.69, 9.17) is 26.2 Å². The summed E-state index contributed by atoms with van der Waals surface area (Å²) < 4.78 is 15.0. The van der Waals surface area contributed by atoms with Crippen LogP contribution in [0.5, 0.6) is 0 Å². The van der Waals surface area contributed by atoms with Crippen LogP contribution >= 0.6 is 0 Å². The minimum absolute atomic E-state index is 0.00807. The summed E-state index contributed by atoms with van der Waals surface area (Å²) in [7, 11) is 1.97. The van der Waals surface area contributed by atoms with Crippen LogP contribution in [0, 0.1) is 11.8 Å². The van der Waals surface area contributed by atoms with Gasteiger partial charge >= 0.3 is 0 Å². The molecular weight excluding hydrogens is 997 g/mol. The van der Waals surface area contributed by atoms with Crippen molar-refractivity contribution >= 4 is 34.5 Å². The highest BCUT2D eigenvalue weighted by Gasteiger charge is 2.40. The van der Waals surface area contributed by atoms with Crippen LogP contribution in [0.4, 0.5) is 11.4 Å². The Morgan fingerprint density at radius 1 is 0.759 bits per heavy atom. The molecule has 4 aliphatic rings. The molecule has 0 spiro atoms. The van der Waals surface area contributed by atoms with Crippen molar-refractivity contribution in [3.05, 3.63) is 166 Å². The number of fused-ring (bicyclic) bond motifs is 3. The van der Waals surface area contributed by atoms with Crippen LogP contribution < -0.4 is 21.3 Å². The van der Waals surface area contributed by atoms with Crippen molar-refractivity contribution in [2.24, 2.45) is 30.4 Å². The Morgan fingerprint density at radius 3 is 2.11 bits per heavy atom. The van der Waals surface area contributed by atoms with E-state index in [1.165, 1.54) is 11.3 Å². The van der Waals surface area contributed by atoms with Crippen LogP contribution in [0.25, 0.3) is 11.3 Å². The first-order valence-corrected chi connectivity index (χ1v) is 28.1. The highest BCUT2D eigenvalue weighted by molar-refractivity contribution is 5.94. The number of aryl methyl sites for hydroxylation is 2. The molecule has 6 N–H and O–H groups in total. The molecule has 3 fully saturated rings. The summed E-state index contributed by atoms with van der Waals surface area (Å²) in [5.74, 6) is -0.705. The second kappa shape index (κ2) is 22.0. The standard InChI is InChI=1S/C60H72N14O5/c1-4-39-21-48(71-27-46-26-64-67(3)54(46)33-71)29-72-32-53(65-57(39)72)60(78)74-35-56(76)45(20-41-10-6-8-12-44(41)25-62)22-50(74)36-79-38(2)51-23-49(68-17-14-47(28-68)70-18-15-63-37-70)30-73-31-52(66-58(51)73)59(77)69-16-13-42(55(75)34-69)19-40-9-5-7-11-43(40)24-61/h5-12,15,18,21,23,26,29-32,37-38,42,45,47,50,55-56,75-76H,4,13-14,16-17,19-20,22,24-25,27-28,33-36,61-62H2,1-3H3/t38-,42?,45?,47?,50?,55-,56-/m1/s1. The molecule has 8 aromatic rings. The van der Waals surface area contributed by atoms with Crippen LogP contribution in [-0.2, 0) is 57.2 Å². The van der Waals surface area contributed by atoms with E-state index in [9.17, 15) is 15.0 Å². The zero-order valence-corrected chi connectivity index (χ0v) is 45.4. The Morgan fingerprint density at radius 2 is 1.43 bits per heavy atom. The average molecular weight is 1070 g/mol. The predicted molar refractivity (Wildman–Crippen MR) is 300 cm³/mol. The monoisotopic (exact) mass is 1070 g/mol. The molecule has 10 heterocycles. The number of ether oxygens (including phenoxy) is 1. The molecule has 6 aromatic heterocycles. The molecule has 2 amide bonds. The lowest BCUT2D eigenvalue weighted by Crippen LogP contribution is -2.54. The minimum atomic E-state index is -0.812. The zero-order chi connectivity index (χ0) is 54.5. The van der Waals surface area contributed by atoms with E-state index in [1.54, 1.807) is 16.0 Å². The number of amides is 2. The Kier molecular flexibility index (Phi) is 14.6. The third-order valence-corrected chi connectivity index (χ3v) is 17.5. The first kappa shape index (κ1) is 52.3. The van der Waals surface area contributed by atoms with Crippen LogP contribution in [0.3, 0.4) is 0 Å². The maximum Gasteiger partial charge on any atom is 0.274 e. The number of nitrogens with zero attached hydrogens (tertiary/aromatic N) is 12. The van der Waals surface area contributed by atoms with Gasteiger partial charge in [-0.1, -0.05) is 55.5 Å². The lowest BCUT2D eigenvalue weighted by atomic mass is 9.83. The molecule has 19 heteroatoms. The number of aromatic nitrogens is 8. The van der Waals surface area contributed by atoms with Crippen molar-refractivity contribution in [2.75, 3.05) is 49.1 Å². The molecule has 7 atom stereocenters. The summed E-state index contributed by atoms with van der Waals surface area (Å²) in [5.41, 5.74) is 24.7. The third-order valence-electron chi connectivity index (χ3n) is 17.5. The number of nitrogens with two attached hydrogens (primary N) is 2. The van der Waals surface area contributed by atoms with Gasteiger partial charge in [-0.25, -0.2) is 15.0 Å². The van der Waals surface area contributed by atoms with Crippen molar-refractivity contribution in [2.45, 2.75) is 109 Å². The number of pyridine rings is 2. The van der Waals surface area contributed by atoms with E-state index < -0.39 is 24.4 Å². The van der Waals surface area contributed by atoms with E-state index in [-0.39, 0.29) is 55.1 Å². The average Bonchev–Trinajstić information content (AvgIpc) is 4.55. The largest absolute Gasteiger partial charge is 0.391 e. The minimum Gasteiger partial charge on any atom is -0.391 e. The summed E-state index contributed by atoms with van der Waals surface area (Å²) in [4.78, 5) is 52.1. The second-order valence-electron chi connectivity index (χ2n) is 22.3. The lowest BCUT2D eigenvalue weighted by Gasteiger charge is -2.42. The molecule has 12 rings (SSSR count). The van der Waals surface area contributed by atoms with E-state index in [0.717, 1.165) is 89.4 Å². The number of rotatable bonds is 16. The molecule has 79 heavy (non-hydrogen) atoms. The number of carbonyl (C=O) groups excluding carboxylic acids is 2. The molecule has 19 nitrogen and oxygen atoms in total. The number of β-amino-alcohol motifs (C(OH)–C–C–N with tert-alkyl or cyclic N) is 2. The van der Waals surface area contributed by atoms with Gasteiger partial charge in [0.1, 0.15) is 22.7 Å². The maximum absolute atomic E-state index is 15.1. The lowest BCUT2D eigenvalue weighted by molar-refractivity contribution is -0.0415. The van der Waals surface area contributed by atoms with Crippen molar-refractivity contribution in [3.8, 4) is 0 Å². The summed E-state index contributed by atoms with van der Waals surface area (Å²) in [6.07, 6.45) is 17.3. The van der Waals surface area contributed by atoms with E-state index in [1.807, 2.05) is 101 Å². The van der Waals surface area contributed by atoms with E-state index >= 15 is 4.79 Å². The first-order chi connectivity index (χ1) is 38.4. The van der Waals surface area contributed by atoms with Crippen molar-refractivity contribution in [1.82, 2.24) is 47.9 Å². The maximum atomic E-state index is 15.1. The summed E-state index contributed by atoms with van der Waals surface area (Å²) >= 11 is 0. The van der Waals surface area contributed by atoms with Gasteiger partial charge in [0, 0.05) is 108 Å². The van der Waals surface area contributed by atoms with Gasteiger partial charge in [0.15, 0.2) is 0 Å². The zero-order valence-electron chi connectivity index (χ0n) is 45.4. The normalized spacial score (nSPS) is 21.9. The van der Waals surface area contributed by atoms with Crippen LogP contribution in [0.1, 0.15) is 111 Å². The molecule has 412 valence electrons. The van der Waals surface area contributed by atoms with Crippen LogP contribution in [0.2, 0.25) is 0 Å². The number of aliphatic hydroxyl groups is 2. The predicted octanol–water partition coefficient (Wildman–Crippen LogP) is 5.64. The first-order valence-electron chi connectivity index (χ1n) is 28.1. The van der Waals surface area contributed by atoms with Gasteiger partial charge in [-0.2, -0.15) is 5.10 Å². The molecule has 2 aromatic carbocycles. The highest BCUT2D eigenvalue weighted by atomic mass is 16.5. The Hall–Kier alpha value is -7.42. The van der Waals surface area contributed by atoms with Crippen LogP contribution in [0.15, 0.2) is 110 Å². The number of imidazole rings is 3. The number of hydrogen-bond acceptors (Lipinski definition) is 13. The number of piperidine rings is 2. The fourth-order valence-corrected chi connectivity index (χ4v) is 12.8. The number of aliphatic hydroxyl groups excluding tert-OH is 2. The summed E-state index contributed by atoms with van der Waals surface area (Å²) in [6.45, 7) is 8.94. The molecule has 3 saturated heterocycles. The Bertz CT molecular complexity index is 3500. The Balaban J connectivity index is 0.829. The molecular formula is C60H72N14O5. The molecule has 0 aliphatic carbocycles. The topological polar surface area (TPSA) is 219 Å². The van der Waals surface area contributed by atoms with E-state index in [0.29, 0.717) is 56.7 Å². The molecule has 0 saturated carbocycles. The quantitative estimate of drug-likeness (QED) is 0.0922. The van der Waals surface area contributed by atoms with Gasteiger partial charge in [0.05, 0.1) is 73.1 Å². The SMILES string of the molecule is CCc1cc(N2Cc3cnn(C)c3C2)cn2cc(C(=O)N3C[C@@H](O)C(Cc4ccccc4CN)CC3CO[C@H](C)c3cc(N4CCC(n5ccnc5)C4)cn4cc(C(=O)N5CCC(Cc6ccccc6CN)[C@H](O)C5)nc34)nc12. The van der Waals surface area contributed by atoms with Crippen LogP contribution in [-0.4, -0.2) is 128 Å². The number of anilines is 2. The molecule has 4 unspecified atom stereocenters. The summed E-state index contributed by atoms with van der Waals surface area (Å²) in [6, 6.07) is 20.3. The van der Waals surface area contributed by atoms with Crippen molar-refractivity contribution < 1.29 is 24.5 Å². The van der Waals surface area contributed by atoms with Gasteiger partial charge < -0.3 is 59.4 Å². The van der Waals surface area contributed by atoms with Gasteiger partial charge in [-0.3, -0.25) is 14.3 Å². The second-order valence-corrected chi connectivity index (χ2v) is 22.3. The smallest absolute Gasteiger partial charge is 0.274 e. The van der Waals surface area contributed by atoms with Crippen molar-refractivity contribution in [1.29, 1.82) is 0 Å². The fourth-order valence-electron chi connectivity index (χ4n) is 12.8. The number of benzene rings is 2.